The number of hydrogen-bond acceptors (Lipinski definition) is 4. The molecule has 0 aliphatic rings. The molecule has 0 aromatic carbocycles. The molecule has 0 heterocycles. The molecule has 0 radical (unpaired) electrons. The molecule has 11 heteroatoms. The van der Waals surface area contributed by atoms with E-state index in [4.69, 9.17) is 20.4 Å². The van der Waals surface area contributed by atoms with Crippen LogP contribution in [0.5, 0.6) is 0 Å². The predicted molar refractivity (Wildman–Crippen MR) is 42.9 cm³/mol. The quantitative estimate of drug-likeness (QED) is 0.359. The second kappa shape index (κ2) is 16.8. The molecule has 0 bridgehead atoms. The largest absolute Gasteiger partial charge is 1.00 e. The summed E-state index contributed by atoms with van der Waals surface area (Å²) in [5.41, 5.74) is 0. The van der Waals surface area contributed by atoms with Crippen molar-refractivity contribution in [2.45, 2.75) is 12.2 Å². The average molecular weight is 262 g/mol. The van der Waals surface area contributed by atoms with Gasteiger partial charge in [0.15, 0.2) is 12.2 Å². The Hall–Kier alpha value is 0.336. The molecule has 2 unspecified atom stereocenters. The van der Waals surface area contributed by atoms with Gasteiger partial charge in [0.2, 0.25) is 0 Å². The molecule has 12 N–H and O–H groups in total. The topological polar surface area (TPSA) is 241 Å². The van der Waals surface area contributed by atoms with Gasteiger partial charge >= 0.3 is 63.3 Å². The number of hydrogen-bond donors (Lipinski definition) is 4. The summed E-state index contributed by atoms with van der Waals surface area (Å²) in [5, 5.41) is 32.5. The van der Waals surface area contributed by atoms with E-state index in [1.165, 1.54) is 0 Å². The van der Waals surface area contributed by atoms with E-state index in [9.17, 15) is 9.59 Å². The summed E-state index contributed by atoms with van der Waals surface area (Å²) in [6.45, 7) is 0. The smallest absolute Gasteiger partial charge is 1.00 e. The fraction of sp³-hybridized carbons (Fsp3) is 0.500. The van der Waals surface area contributed by atoms with Crippen LogP contribution in [0, 0.1) is 0 Å². The van der Waals surface area contributed by atoms with Gasteiger partial charge in [-0.05, 0) is 0 Å². The van der Waals surface area contributed by atoms with E-state index in [0.717, 1.165) is 0 Å². The van der Waals surface area contributed by atoms with Crippen molar-refractivity contribution in [2.75, 3.05) is 0 Å². The molecule has 0 aromatic rings. The molecule has 15 heavy (non-hydrogen) atoms. The fourth-order valence-electron chi connectivity index (χ4n) is 0.270. The van der Waals surface area contributed by atoms with Gasteiger partial charge in [0.25, 0.3) is 0 Å². The first-order valence-corrected chi connectivity index (χ1v) is 2.28. The van der Waals surface area contributed by atoms with Gasteiger partial charge in [-0.1, -0.05) is 0 Å². The summed E-state index contributed by atoms with van der Waals surface area (Å²) in [7, 11) is 0. The number of carboxylic acid groups (broad SMARTS) is 2. The number of aliphatic hydroxyl groups excluding tert-OH is 2. The maximum Gasteiger partial charge on any atom is 1.00 e. The first-order chi connectivity index (χ1) is 4.46. The van der Waals surface area contributed by atoms with E-state index in [1.807, 2.05) is 0 Å². The Kier molecular flexibility index (Phi) is 40.4. The zero-order valence-corrected chi connectivity index (χ0v) is 10.9. The van der Waals surface area contributed by atoms with Gasteiger partial charge in [-0.2, -0.15) is 0 Å². The molecule has 2 atom stereocenters. The maximum atomic E-state index is 9.77. The van der Waals surface area contributed by atoms with Crippen molar-refractivity contribution in [1.82, 2.24) is 0 Å². The van der Waals surface area contributed by atoms with Crippen LogP contribution in [0.25, 0.3) is 0 Å². The van der Waals surface area contributed by atoms with Crippen molar-refractivity contribution in [1.29, 1.82) is 0 Å². The Morgan fingerprint density at radius 1 is 0.800 bits per heavy atom. The molecular weight excluding hydrogens is 247 g/mol. The third kappa shape index (κ3) is 14.3. The minimum Gasteiger partial charge on any atom is -1.00 e. The minimum absolute atomic E-state index is 0. The molecule has 0 spiro atoms. The first kappa shape index (κ1) is 36.2. The summed E-state index contributed by atoms with van der Waals surface area (Å²) < 4.78 is 0. The van der Waals surface area contributed by atoms with Crippen molar-refractivity contribution in [3.8, 4) is 0 Å². The van der Waals surface area contributed by atoms with Crippen LogP contribution in [0.4, 0.5) is 0 Å². The van der Waals surface area contributed by atoms with Gasteiger partial charge in [-0.25, -0.2) is 9.59 Å². The summed E-state index contributed by atoms with van der Waals surface area (Å²) in [5.74, 6) is -3.54. The van der Waals surface area contributed by atoms with Gasteiger partial charge in [-0.3, -0.25) is 0 Å². The summed E-state index contributed by atoms with van der Waals surface area (Å²) in [6.07, 6.45) is -4.53. The minimum atomic E-state index is -2.27. The Morgan fingerprint density at radius 2 is 0.933 bits per heavy atom. The van der Waals surface area contributed by atoms with E-state index in [2.05, 4.69) is 0 Å². The number of carbonyl (C=O) groups is 2. The van der Waals surface area contributed by atoms with E-state index in [0.29, 0.717) is 0 Å². The van der Waals surface area contributed by atoms with Crippen molar-refractivity contribution in [3.05, 3.63) is 0 Å². The summed E-state index contributed by atoms with van der Waals surface area (Å²) in [4.78, 5) is 19.5. The van der Waals surface area contributed by atoms with Crippen molar-refractivity contribution >= 4 is 11.9 Å². The van der Waals surface area contributed by atoms with Crippen LogP contribution in [0.3, 0.4) is 0 Å². The third-order valence-electron chi connectivity index (χ3n) is 0.805. The molecule has 0 rings (SSSR count). The van der Waals surface area contributed by atoms with Crippen LogP contribution in [0.1, 0.15) is 1.43 Å². The Morgan fingerprint density at radius 3 is 1.00 bits per heavy atom. The number of rotatable bonds is 3. The van der Waals surface area contributed by atoms with Gasteiger partial charge < -0.3 is 43.8 Å². The Bertz CT molecular complexity index is 147. The van der Waals surface area contributed by atoms with E-state index < -0.39 is 24.1 Å². The van der Waals surface area contributed by atoms with Crippen molar-refractivity contribution in [3.63, 3.8) is 0 Å². The first-order valence-electron chi connectivity index (χ1n) is 2.28. The second-order valence-electron chi connectivity index (χ2n) is 1.57. The van der Waals surface area contributed by atoms with Gasteiger partial charge in [0, 0.05) is 0 Å². The Balaban J connectivity index is -0.0000000270. The molecule has 0 saturated carbocycles. The van der Waals surface area contributed by atoms with Gasteiger partial charge in [0.1, 0.15) is 0 Å². The number of aliphatic carboxylic acids is 2. The standard InChI is InChI=1S/C4H6O6.K.4H2O.H/c5-1(3(7)8)2(6)4(9)10;;;;;;/h1-2,5-6H,(H,7,8)(H,9,10);;4*1H2;/q;+1;;;;;-1. The van der Waals surface area contributed by atoms with E-state index in [1.54, 1.807) is 0 Å². The van der Waals surface area contributed by atoms with Gasteiger partial charge in [0.05, 0.1) is 0 Å². The van der Waals surface area contributed by atoms with Crippen LogP contribution in [0.15, 0.2) is 0 Å². The van der Waals surface area contributed by atoms with Crippen molar-refractivity contribution < 1.29 is 105 Å². The SMILES string of the molecule is O.O.O.O.O=C(O)C(O)C(O)C(=O)O.[H-].[K+]. The monoisotopic (exact) mass is 262 g/mol. The van der Waals surface area contributed by atoms with Crippen LogP contribution in [0.2, 0.25) is 0 Å². The molecule has 0 aliphatic carbocycles. The van der Waals surface area contributed by atoms with Crippen molar-refractivity contribution in [2.24, 2.45) is 0 Å². The molecule has 0 amide bonds. The summed E-state index contributed by atoms with van der Waals surface area (Å²) >= 11 is 0. The molecule has 0 aliphatic heterocycles. The molecule has 0 saturated heterocycles. The molecule has 92 valence electrons. The number of aliphatic hydroxyl groups is 2. The average Bonchev–Trinajstić information content (AvgIpc) is 1.84. The number of carboxylic acids is 2. The Labute approximate surface area is 128 Å². The molecule has 10 nitrogen and oxygen atoms in total. The molecule has 0 aromatic heterocycles. The molecule has 0 fully saturated rings. The summed E-state index contributed by atoms with van der Waals surface area (Å²) in [6, 6.07) is 0. The normalized spacial score (nSPS) is 10.5. The van der Waals surface area contributed by atoms with Crippen LogP contribution >= 0.6 is 0 Å². The van der Waals surface area contributed by atoms with Crippen LogP contribution in [-0.4, -0.2) is 66.5 Å². The second-order valence-corrected chi connectivity index (χ2v) is 1.57. The molecular formula is C4H15KO10. The maximum absolute atomic E-state index is 9.77. The fourth-order valence-corrected chi connectivity index (χ4v) is 0.270. The van der Waals surface area contributed by atoms with Crippen LogP contribution < -0.4 is 51.4 Å². The van der Waals surface area contributed by atoms with E-state index in [-0.39, 0.29) is 74.7 Å². The van der Waals surface area contributed by atoms with Crippen LogP contribution in [-0.2, 0) is 9.59 Å². The van der Waals surface area contributed by atoms with Gasteiger partial charge in [-0.15, -0.1) is 0 Å². The van der Waals surface area contributed by atoms with E-state index >= 15 is 0 Å². The zero-order chi connectivity index (χ0) is 8.31. The predicted octanol–water partition coefficient (Wildman–Crippen LogP) is -8.30. The third-order valence-corrected chi connectivity index (χ3v) is 0.805. The zero-order valence-electron chi connectivity index (χ0n) is 8.76.